The van der Waals surface area contributed by atoms with Gasteiger partial charge in [0.15, 0.2) is 0 Å². The maximum absolute atomic E-state index is 6.09. The summed E-state index contributed by atoms with van der Waals surface area (Å²) in [7, 11) is 0. The molecule has 0 saturated carbocycles. The fraction of sp³-hybridized carbons (Fsp3) is 0.171. The molecular formula is C123H116Al6N6O12. The Morgan fingerprint density at radius 3 is 0.769 bits per heavy atom. The predicted molar refractivity (Wildman–Crippen MR) is 601 cm³/mol. The van der Waals surface area contributed by atoms with E-state index in [1.165, 1.54) is 66.8 Å². The Labute approximate surface area is 903 Å². The van der Waals surface area contributed by atoms with Gasteiger partial charge < -0.3 is 45.5 Å². The Morgan fingerprint density at radius 1 is 0.184 bits per heavy atom. The number of hydrogen-bond donors (Lipinski definition) is 0. The molecule has 0 aliphatic heterocycles. The number of hydrogen-bond acceptors (Lipinski definition) is 18. The Hall–Kier alpha value is -13.7. The molecule has 6 radical (unpaired) electrons. The second-order valence-corrected chi connectivity index (χ2v) is 41.9. The molecule has 6 heterocycles. The highest BCUT2D eigenvalue weighted by Gasteiger charge is 2.24. The van der Waals surface area contributed by atoms with Gasteiger partial charge in [-0.2, -0.15) is 0 Å². The summed E-state index contributed by atoms with van der Waals surface area (Å²) in [4.78, 5) is 27.5. The molecule has 0 amide bonds. The first-order valence-corrected chi connectivity index (χ1v) is 54.4. The van der Waals surface area contributed by atoms with Gasteiger partial charge >= 0.3 is 95.3 Å². The molecule has 0 aliphatic carbocycles. The topological polar surface area (TPSA) is 188 Å². The molecule has 147 heavy (non-hydrogen) atoms. The SMILES string of the molecule is Cc1cc(C)cc([O][Al][O]c2cccc3ccc(C)nc23)c1.Cc1ccc([O][Al][O]c2cccc3ccc(C)nc23)cc1.Cc1ccc2cccc([O][Al][O]c3c(C)c(C)cc(C)c3C)c2n1.Cc1ccc2cccc([O][Al][O]c3cc(C(C)(C)C)cc(C(C)(C)C)c3)c2n1.Cc1ccc2cccc([O][Al][O]c3ccc(-c4ccccc4)cc3)c2n1.Cc1ccc2cccc([O][Al][O]c3cccc(-c4ccccc4)c3)c2n1. The number of aromatic nitrogens is 6. The molecule has 0 bridgehead atoms. The summed E-state index contributed by atoms with van der Waals surface area (Å²) in [6, 6.07) is 120. The Bertz CT molecular complexity index is 7820. The Balaban J connectivity index is 0.000000133. The van der Waals surface area contributed by atoms with E-state index in [9.17, 15) is 0 Å². The van der Waals surface area contributed by atoms with Crippen molar-refractivity contribution in [2.75, 3.05) is 0 Å². The van der Waals surface area contributed by atoms with E-state index in [4.69, 9.17) is 45.5 Å². The van der Waals surface area contributed by atoms with E-state index in [1.54, 1.807) is 0 Å². The molecule has 0 aliphatic rings. The van der Waals surface area contributed by atoms with Crippen molar-refractivity contribution >= 4 is 161 Å². The third-order valence-electron chi connectivity index (χ3n) is 24.1. The standard InChI is InChI=1S/C14H22O.2C12H10O.6C10H9NO.C10H14O.C8H10O.C7H8O.6Al/c1-13(2,3)10-7-11(14(4,5)6)9-12(15)8-10;13-12-8-4-7-11(9-12)10-5-2-1-3-6-10;13-12-8-6-11(7-9-12)10-4-2-1-3-5-10;6*1-7-5-6-8-3-2-4-9(12)10(8)11-7;1-6-5-7(2)9(4)10(11)8(6)3;1-6-3-7(2)5-8(9)4-6;1-6-2-4-7(8)5-3-6;;;;;;/h7-9,15H,1-6H3;2*1-9,13H;6*2-6,12H,1H3;5,11H,1-4H3;3-5,9H,1-2H3;2-5,8H,1H3;;;;;;/q;;;;;;;;;;;;6*+2/p-12. The van der Waals surface area contributed by atoms with Gasteiger partial charge in [0.25, 0.3) is 0 Å². The van der Waals surface area contributed by atoms with Crippen molar-refractivity contribution in [1.29, 1.82) is 0 Å². The van der Waals surface area contributed by atoms with E-state index in [2.05, 4.69) is 229 Å². The van der Waals surface area contributed by atoms with Crippen molar-refractivity contribution < 1.29 is 45.5 Å². The fourth-order valence-corrected chi connectivity index (χ4v) is 19.7. The van der Waals surface area contributed by atoms with Gasteiger partial charge in [-0.05, 0) is 301 Å². The molecule has 0 unspecified atom stereocenters. The highest BCUT2D eigenvalue weighted by molar-refractivity contribution is 6.23. The first-order chi connectivity index (χ1) is 70.9. The van der Waals surface area contributed by atoms with Crippen LogP contribution in [0, 0.1) is 90.0 Å². The zero-order chi connectivity index (χ0) is 104. The monoisotopic (exact) mass is 2030 g/mol. The van der Waals surface area contributed by atoms with Crippen LogP contribution in [0.3, 0.4) is 0 Å². The van der Waals surface area contributed by atoms with Crippen LogP contribution in [0.25, 0.3) is 87.7 Å². The third kappa shape index (κ3) is 30.8. The second-order valence-electron chi connectivity index (χ2n) is 37.9. The molecule has 0 saturated heterocycles. The highest BCUT2D eigenvalue weighted by Crippen LogP contribution is 2.38. The van der Waals surface area contributed by atoms with Crippen LogP contribution < -0.4 is 45.5 Å². The molecule has 0 fully saturated rings. The molecule has 14 aromatic carbocycles. The number of aryl methyl sites for hydroxylation is 11. The zero-order valence-electron chi connectivity index (χ0n) is 86.6. The van der Waals surface area contributed by atoms with Gasteiger partial charge in [-0.3, -0.25) is 0 Å². The molecule has 0 spiro atoms. The summed E-state index contributed by atoms with van der Waals surface area (Å²) in [6.07, 6.45) is 0. The predicted octanol–water partition coefficient (Wildman–Crippen LogP) is 29.3. The van der Waals surface area contributed by atoms with Crippen LogP contribution in [0.1, 0.15) is 126 Å². The first kappa shape index (κ1) is 108. The van der Waals surface area contributed by atoms with Crippen molar-refractivity contribution in [3.05, 3.63) is 442 Å². The molecule has 0 N–H and O–H groups in total. The molecule has 0 atom stereocenters. The molecule has 20 rings (SSSR count). The van der Waals surface area contributed by atoms with Gasteiger partial charge in [0.05, 0.1) is 34.5 Å². The van der Waals surface area contributed by atoms with Crippen LogP contribution >= 0.6 is 0 Å². The number of para-hydroxylation sites is 6. The summed E-state index contributed by atoms with van der Waals surface area (Å²) in [5, 5.41) is 6.45. The average Bonchev–Trinajstić information content (AvgIpc) is 0.794. The number of fused-ring (bicyclic) bond motifs is 6. The van der Waals surface area contributed by atoms with Crippen molar-refractivity contribution in [1.82, 2.24) is 29.9 Å². The maximum Gasteiger partial charge on any atom is 0.881 e. The normalized spacial score (nSPS) is 10.8. The van der Waals surface area contributed by atoms with E-state index in [1.807, 2.05) is 290 Å². The van der Waals surface area contributed by atoms with E-state index in [0.717, 1.165) is 174 Å². The molecule has 6 aromatic heterocycles. The van der Waals surface area contributed by atoms with E-state index < -0.39 is 95.3 Å². The fourth-order valence-electron chi connectivity index (χ4n) is 15.9. The highest BCUT2D eigenvalue weighted by atomic mass is 27.2. The number of pyridine rings is 6. The van der Waals surface area contributed by atoms with Crippen molar-refractivity contribution in [3.63, 3.8) is 0 Å². The lowest BCUT2D eigenvalue weighted by Gasteiger charge is -2.26. The lowest BCUT2D eigenvalue weighted by molar-refractivity contribution is 0.456. The number of nitrogens with zero attached hydrogens (tertiary/aromatic N) is 6. The van der Waals surface area contributed by atoms with Crippen molar-refractivity contribution in [3.8, 4) is 91.2 Å². The number of rotatable bonds is 26. The molecule has 24 heteroatoms. The van der Waals surface area contributed by atoms with E-state index in [0.29, 0.717) is 0 Å². The van der Waals surface area contributed by atoms with E-state index >= 15 is 0 Å². The molecule has 20 aromatic rings. The Kier molecular flexibility index (Phi) is 37.8. The van der Waals surface area contributed by atoms with Gasteiger partial charge in [0.2, 0.25) is 0 Å². The largest absolute Gasteiger partial charge is 0.881 e. The minimum absolute atomic E-state index is 0.0621. The number of benzene rings is 14. The summed E-state index contributed by atoms with van der Waals surface area (Å²) in [6.45, 7) is 39.9. The lowest BCUT2D eigenvalue weighted by Crippen LogP contribution is -2.18. The maximum atomic E-state index is 6.09. The van der Waals surface area contributed by atoms with Crippen LogP contribution in [-0.2, 0) is 10.8 Å². The Morgan fingerprint density at radius 2 is 0.449 bits per heavy atom. The molecular weight excluding hydrogens is 1920 g/mol. The summed E-state index contributed by atoms with van der Waals surface area (Å²) >= 11 is -3.93. The minimum atomic E-state index is -0.689. The summed E-state index contributed by atoms with van der Waals surface area (Å²) in [5.41, 5.74) is 27.0. The molecule has 728 valence electrons. The van der Waals surface area contributed by atoms with Crippen LogP contribution in [0.15, 0.2) is 358 Å². The van der Waals surface area contributed by atoms with Crippen LogP contribution in [0.4, 0.5) is 0 Å². The third-order valence-corrected chi connectivity index (χ3v) is 28.4. The minimum Gasteiger partial charge on any atom is -0.616 e. The van der Waals surface area contributed by atoms with Gasteiger partial charge in [0, 0.05) is 66.5 Å². The lowest BCUT2D eigenvalue weighted by atomic mass is 9.80. The van der Waals surface area contributed by atoms with Crippen LogP contribution in [0.5, 0.6) is 69.0 Å². The summed E-state index contributed by atoms with van der Waals surface area (Å²) in [5.74, 6) is 9.78. The smallest absolute Gasteiger partial charge is 0.616 e. The zero-order valence-corrected chi connectivity index (χ0v) is 93.5. The first-order valence-electron chi connectivity index (χ1n) is 48.7. The summed E-state index contributed by atoms with van der Waals surface area (Å²) < 4.78 is 70.8. The van der Waals surface area contributed by atoms with Crippen molar-refractivity contribution in [2.24, 2.45) is 0 Å². The van der Waals surface area contributed by atoms with Crippen LogP contribution in [-0.4, -0.2) is 125 Å². The van der Waals surface area contributed by atoms with Gasteiger partial charge in [0.1, 0.15) is 67.6 Å². The molecule has 18 nitrogen and oxygen atoms in total. The quantitative estimate of drug-likeness (QED) is 0.0465. The average molecular weight is 2030 g/mol. The van der Waals surface area contributed by atoms with Gasteiger partial charge in [-0.15, -0.1) is 0 Å². The van der Waals surface area contributed by atoms with Crippen molar-refractivity contribution in [2.45, 2.75) is 142 Å². The van der Waals surface area contributed by atoms with Crippen LogP contribution in [0.2, 0.25) is 0 Å². The van der Waals surface area contributed by atoms with Gasteiger partial charge in [-0.25, -0.2) is 29.9 Å². The second kappa shape index (κ2) is 51.6. The van der Waals surface area contributed by atoms with Gasteiger partial charge in [-0.1, -0.05) is 272 Å². The van der Waals surface area contributed by atoms with E-state index in [-0.39, 0.29) is 10.8 Å².